The molecule has 0 spiro atoms. The molecule has 0 aliphatic heterocycles. The number of nitrogens with one attached hydrogen (secondary N) is 2. The molecule has 5 heteroatoms. The zero-order chi connectivity index (χ0) is 14.4. The minimum atomic E-state index is 0.368. The van der Waals surface area contributed by atoms with Gasteiger partial charge in [-0.1, -0.05) is 32.9 Å². The van der Waals surface area contributed by atoms with Crippen molar-refractivity contribution in [3.05, 3.63) is 17.5 Å². The molecular weight excluding hydrogens is 240 g/mol. The Hall–Kier alpha value is -1.52. The molecule has 1 atom stereocenters. The van der Waals surface area contributed by atoms with Crippen LogP contribution >= 0.6 is 0 Å². The Kier molecular flexibility index (Phi) is 5.86. The molecule has 1 unspecified atom stereocenters. The van der Waals surface area contributed by atoms with Crippen molar-refractivity contribution >= 4 is 5.96 Å². The van der Waals surface area contributed by atoms with Crippen molar-refractivity contribution in [2.75, 3.05) is 7.05 Å². The number of rotatable bonds is 5. The van der Waals surface area contributed by atoms with Crippen molar-refractivity contribution in [3.63, 3.8) is 0 Å². The highest BCUT2D eigenvalue weighted by Crippen LogP contribution is 2.13. The lowest BCUT2D eigenvalue weighted by Gasteiger charge is -2.20. The van der Waals surface area contributed by atoms with E-state index in [9.17, 15) is 0 Å². The fraction of sp³-hybridized carbons (Fsp3) is 0.714. The molecule has 0 amide bonds. The molecule has 19 heavy (non-hydrogen) atoms. The van der Waals surface area contributed by atoms with Crippen LogP contribution in [0.5, 0.6) is 0 Å². The van der Waals surface area contributed by atoms with Crippen LogP contribution in [0.3, 0.4) is 0 Å². The third-order valence-electron chi connectivity index (χ3n) is 3.19. The second kappa shape index (κ2) is 7.16. The quantitative estimate of drug-likeness (QED) is 0.635. The predicted octanol–water partition coefficient (Wildman–Crippen LogP) is 2.51. The first-order valence-corrected chi connectivity index (χ1v) is 6.86. The maximum absolute atomic E-state index is 5.28. The molecular formula is C14H26N4O. The number of hydrogen-bond acceptors (Lipinski definition) is 3. The lowest BCUT2D eigenvalue weighted by Crippen LogP contribution is -2.43. The molecule has 0 aliphatic carbocycles. The molecule has 108 valence electrons. The van der Waals surface area contributed by atoms with Crippen LogP contribution in [0.2, 0.25) is 0 Å². The van der Waals surface area contributed by atoms with Crippen LogP contribution in [0, 0.1) is 5.92 Å². The van der Waals surface area contributed by atoms with Crippen molar-refractivity contribution in [2.24, 2.45) is 10.9 Å². The van der Waals surface area contributed by atoms with E-state index in [2.05, 4.69) is 55.4 Å². The third-order valence-corrected chi connectivity index (χ3v) is 3.19. The van der Waals surface area contributed by atoms with E-state index < -0.39 is 0 Å². The Morgan fingerprint density at radius 2 is 2.00 bits per heavy atom. The van der Waals surface area contributed by atoms with Gasteiger partial charge in [-0.05, 0) is 18.8 Å². The largest absolute Gasteiger partial charge is 0.359 e. The summed E-state index contributed by atoms with van der Waals surface area (Å²) in [5.41, 5.74) is 0.982. The molecule has 0 saturated heterocycles. The number of nitrogens with zero attached hydrogens (tertiary/aromatic N) is 2. The summed E-state index contributed by atoms with van der Waals surface area (Å²) in [5.74, 6) is 2.54. The maximum atomic E-state index is 5.28. The van der Waals surface area contributed by atoms with Crippen molar-refractivity contribution in [3.8, 4) is 0 Å². The zero-order valence-corrected chi connectivity index (χ0v) is 12.8. The summed E-state index contributed by atoms with van der Waals surface area (Å²) in [5, 5.41) is 10.6. The van der Waals surface area contributed by atoms with E-state index in [1.807, 2.05) is 6.07 Å². The molecule has 1 rings (SSSR count). The lowest BCUT2D eigenvalue weighted by atomic mass is 10.1. The van der Waals surface area contributed by atoms with E-state index in [1.54, 1.807) is 7.05 Å². The summed E-state index contributed by atoms with van der Waals surface area (Å²) in [7, 11) is 1.77. The minimum Gasteiger partial charge on any atom is -0.359 e. The van der Waals surface area contributed by atoms with Gasteiger partial charge in [0.25, 0.3) is 0 Å². The van der Waals surface area contributed by atoms with Gasteiger partial charge in [0.2, 0.25) is 0 Å². The van der Waals surface area contributed by atoms with E-state index in [4.69, 9.17) is 4.52 Å². The second-order valence-corrected chi connectivity index (χ2v) is 5.48. The van der Waals surface area contributed by atoms with Gasteiger partial charge >= 0.3 is 0 Å². The standard InChI is InChI=1S/C14H26N4O/c1-9(2)11(5)17-14(15-6)16-8-12-7-13(10(3)4)18-19-12/h7,9-11H,8H2,1-6H3,(H2,15,16,17). The highest BCUT2D eigenvalue weighted by atomic mass is 16.5. The Labute approximate surface area is 115 Å². The third kappa shape index (κ3) is 4.93. The molecule has 0 radical (unpaired) electrons. The highest BCUT2D eigenvalue weighted by molar-refractivity contribution is 5.79. The topological polar surface area (TPSA) is 62.5 Å². The van der Waals surface area contributed by atoms with Crippen LogP contribution < -0.4 is 10.6 Å². The van der Waals surface area contributed by atoms with Crippen LogP contribution in [0.15, 0.2) is 15.6 Å². The van der Waals surface area contributed by atoms with Gasteiger partial charge in [0.15, 0.2) is 11.7 Å². The summed E-state index contributed by atoms with van der Waals surface area (Å²) in [6.45, 7) is 11.3. The van der Waals surface area contributed by atoms with E-state index in [0.717, 1.165) is 17.4 Å². The fourth-order valence-corrected chi connectivity index (χ4v) is 1.43. The highest BCUT2D eigenvalue weighted by Gasteiger charge is 2.11. The molecule has 5 nitrogen and oxygen atoms in total. The van der Waals surface area contributed by atoms with E-state index >= 15 is 0 Å². The summed E-state index contributed by atoms with van der Waals surface area (Å²) >= 11 is 0. The summed E-state index contributed by atoms with van der Waals surface area (Å²) in [6, 6.07) is 2.35. The minimum absolute atomic E-state index is 0.368. The van der Waals surface area contributed by atoms with E-state index in [1.165, 1.54) is 0 Å². The van der Waals surface area contributed by atoms with Crippen LogP contribution in [0.1, 0.15) is 52.0 Å². The number of hydrogen-bond donors (Lipinski definition) is 2. The van der Waals surface area contributed by atoms with Crippen molar-refractivity contribution in [1.29, 1.82) is 0 Å². The monoisotopic (exact) mass is 266 g/mol. The van der Waals surface area contributed by atoms with E-state index in [-0.39, 0.29) is 0 Å². The average Bonchev–Trinajstić information content (AvgIpc) is 2.82. The number of guanidine groups is 1. The molecule has 0 aliphatic rings. The molecule has 1 aromatic heterocycles. The Morgan fingerprint density at radius 3 is 2.47 bits per heavy atom. The van der Waals surface area contributed by atoms with Crippen LogP contribution in [-0.2, 0) is 6.54 Å². The van der Waals surface area contributed by atoms with E-state index in [0.29, 0.717) is 24.4 Å². The first-order valence-electron chi connectivity index (χ1n) is 6.86. The average molecular weight is 266 g/mol. The predicted molar refractivity (Wildman–Crippen MR) is 78.2 cm³/mol. The van der Waals surface area contributed by atoms with Crippen LogP contribution in [0.25, 0.3) is 0 Å². The Bertz CT molecular complexity index is 409. The lowest BCUT2D eigenvalue weighted by molar-refractivity contribution is 0.371. The summed E-state index contributed by atoms with van der Waals surface area (Å²) < 4.78 is 5.28. The van der Waals surface area contributed by atoms with Gasteiger partial charge < -0.3 is 15.2 Å². The summed E-state index contributed by atoms with van der Waals surface area (Å²) in [4.78, 5) is 4.20. The Balaban J connectivity index is 2.49. The van der Waals surface area contributed by atoms with Crippen LogP contribution in [-0.4, -0.2) is 24.2 Å². The SMILES string of the molecule is CN=C(NCc1cc(C(C)C)no1)NC(C)C(C)C. The van der Waals surface area contributed by atoms with Crippen molar-refractivity contribution in [1.82, 2.24) is 15.8 Å². The van der Waals surface area contributed by atoms with Gasteiger partial charge in [-0.3, -0.25) is 4.99 Å². The number of aromatic nitrogens is 1. The summed E-state index contributed by atoms with van der Waals surface area (Å²) in [6.07, 6.45) is 0. The maximum Gasteiger partial charge on any atom is 0.191 e. The second-order valence-electron chi connectivity index (χ2n) is 5.48. The van der Waals surface area contributed by atoms with Crippen molar-refractivity contribution < 1.29 is 4.52 Å². The van der Waals surface area contributed by atoms with Gasteiger partial charge in [-0.25, -0.2) is 0 Å². The van der Waals surface area contributed by atoms with Gasteiger partial charge in [-0.15, -0.1) is 0 Å². The van der Waals surface area contributed by atoms with Gasteiger partial charge in [-0.2, -0.15) is 0 Å². The molecule has 2 N–H and O–H groups in total. The normalized spacial score (nSPS) is 14.0. The van der Waals surface area contributed by atoms with Gasteiger partial charge in [0.1, 0.15) is 0 Å². The number of aliphatic imine (C=N–C) groups is 1. The molecule has 1 aromatic rings. The molecule has 1 heterocycles. The van der Waals surface area contributed by atoms with Gasteiger partial charge in [0.05, 0.1) is 12.2 Å². The molecule has 0 saturated carbocycles. The Morgan fingerprint density at radius 1 is 1.32 bits per heavy atom. The van der Waals surface area contributed by atoms with Gasteiger partial charge in [0, 0.05) is 19.2 Å². The first kappa shape index (κ1) is 15.5. The van der Waals surface area contributed by atoms with Crippen molar-refractivity contribution in [2.45, 2.75) is 53.1 Å². The zero-order valence-electron chi connectivity index (χ0n) is 12.8. The molecule has 0 bridgehead atoms. The fourth-order valence-electron chi connectivity index (χ4n) is 1.43. The van der Waals surface area contributed by atoms with Crippen LogP contribution in [0.4, 0.5) is 0 Å². The first-order chi connectivity index (χ1) is 8.93. The smallest absolute Gasteiger partial charge is 0.191 e. The molecule has 0 aromatic carbocycles. The molecule has 0 fully saturated rings.